The maximum absolute atomic E-state index is 12.1. The van der Waals surface area contributed by atoms with Crippen molar-refractivity contribution in [1.29, 1.82) is 0 Å². The quantitative estimate of drug-likeness (QED) is 0.419. The zero-order chi connectivity index (χ0) is 20.1. The summed E-state index contributed by atoms with van der Waals surface area (Å²) in [6.07, 6.45) is 0.771. The van der Waals surface area contributed by atoms with Crippen molar-refractivity contribution in [2.75, 3.05) is 0 Å². The van der Waals surface area contributed by atoms with Crippen molar-refractivity contribution >= 4 is 43.3 Å². The summed E-state index contributed by atoms with van der Waals surface area (Å²) in [5, 5.41) is 13.1. The summed E-state index contributed by atoms with van der Waals surface area (Å²) in [6, 6.07) is 13.7. The topological polar surface area (TPSA) is 46.5 Å². The van der Waals surface area contributed by atoms with Gasteiger partial charge in [0.2, 0.25) is 0 Å². The molecule has 0 spiro atoms. The van der Waals surface area contributed by atoms with E-state index in [9.17, 15) is 9.90 Å². The molecule has 1 unspecified atom stereocenters. The number of benzene rings is 2. The second kappa shape index (κ2) is 8.81. The van der Waals surface area contributed by atoms with Crippen LogP contribution in [0.5, 0.6) is 5.75 Å². The van der Waals surface area contributed by atoms with Gasteiger partial charge in [-0.15, -0.1) is 23.2 Å². The molecule has 144 valence electrons. The highest BCUT2D eigenvalue weighted by molar-refractivity contribution is 9.10. The van der Waals surface area contributed by atoms with Crippen LogP contribution >= 0.6 is 27.3 Å². The Morgan fingerprint density at radius 2 is 2.11 bits per heavy atom. The van der Waals surface area contributed by atoms with Crippen molar-refractivity contribution < 1.29 is 14.6 Å². The number of carboxylic acids is 1. The summed E-state index contributed by atoms with van der Waals surface area (Å²) in [5.41, 5.74) is 0.701. The Labute approximate surface area is 177 Å². The molecule has 3 aromatic rings. The number of fused-ring (bicyclic) bond motifs is 1. The van der Waals surface area contributed by atoms with Gasteiger partial charge in [0.25, 0.3) is 0 Å². The van der Waals surface area contributed by atoms with Crippen molar-refractivity contribution in [2.24, 2.45) is 0 Å². The van der Waals surface area contributed by atoms with Crippen molar-refractivity contribution in [3.8, 4) is 17.6 Å². The van der Waals surface area contributed by atoms with Crippen LogP contribution in [-0.4, -0.2) is 11.1 Å². The Morgan fingerprint density at radius 3 is 2.82 bits per heavy atom. The van der Waals surface area contributed by atoms with Gasteiger partial charge in [-0.05, 0) is 58.6 Å². The second-order valence-corrected chi connectivity index (χ2v) is 8.34. The minimum absolute atomic E-state index is 0.294. The van der Waals surface area contributed by atoms with E-state index in [2.05, 4.69) is 33.2 Å². The van der Waals surface area contributed by atoms with Crippen LogP contribution in [0.25, 0.3) is 10.1 Å². The van der Waals surface area contributed by atoms with Gasteiger partial charge in [-0.3, -0.25) is 4.79 Å². The standard InChI is InChI=1S/C23H21BrO3S/c1-3-5-11-23(4-2,22(25)26)17-8-6-7-16(12-17)14-27-18-9-10-21-19(13-18)20(24)15-28-21/h6-10,12-13,15H,4,11,14H2,1-2H3,(H,25,26). The molecule has 3 rings (SSSR count). The van der Waals surface area contributed by atoms with Crippen molar-refractivity contribution in [1.82, 2.24) is 0 Å². The van der Waals surface area contributed by atoms with Gasteiger partial charge < -0.3 is 9.84 Å². The molecule has 0 aliphatic heterocycles. The van der Waals surface area contributed by atoms with Crippen LogP contribution in [0.15, 0.2) is 52.3 Å². The average molecular weight is 457 g/mol. The van der Waals surface area contributed by atoms with E-state index in [-0.39, 0.29) is 0 Å². The van der Waals surface area contributed by atoms with E-state index in [1.165, 1.54) is 4.70 Å². The summed E-state index contributed by atoms with van der Waals surface area (Å²) in [7, 11) is 0. The summed E-state index contributed by atoms with van der Waals surface area (Å²) in [6.45, 7) is 4.00. The summed E-state index contributed by atoms with van der Waals surface area (Å²) in [5.74, 6) is 5.71. The molecular formula is C23H21BrO3S. The van der Waals surface area contributed by atoms with Gasteiger partial charge >= 0.3 is 5.97 Å². The monoisotopic (exact) mass is 456 g/mol. The molecule has 5 heteroatoms. The molecule has 1 N–H and O–H groups in total. The molecule has 1 aromatic heterocycles. The summed E-state index contributed by atoms with van der Waals surface area (Å²) < 4.78 is 8.24. The molecule has 28 heavy (non-hydrogen) atoms. The molecule has 0 fully saturated rings. The number of rotatable bonds is 7. The van der Waals surface area contributed by atoms with Crippen LogP contribution in [0.1, 0.15) is 37.8 Å². The fraction of sp³-hybridized carbons (Fsp3) is 0.261. The van der Waals surface area contributed by atoms with Gasteiger partial charge in [0.15, 0.2) is 0 Å². The Morgan fingerprint density at radius 1 is 1.29 bits per heavy atom. The van der Waals surface area contributed by atoms with Crippen LogP contribution in [0.4, 0.5) is 0 Å². The first kappa shape index (κ1) is 20.4. The van der Waals surface area contributed by atoms with Gasteiger partial charge in [0.05, 0.1) is 0 Å². The fourth-order valence-electron chi connectivity index (χ4n) is 3.21. The molecule has 0 saturated carbocycles. The van der Waals surface area contributed by atoms with Gasteiger partial charge in [-0.1, -0.05) is 31.2 Å². The zero-order valence-corrected chi connectivity index (χ0v) is 18.2. The van der Waals surface area contributed by atoms with Crippen LogP contribution in [0.3, 0.4) is 0 Å². The smallest absolute Gasteiger partial charge is 0.315 e. The number of hydrogen-bond donors (Lipinski definition) is 1. The van der Waals surface area contributed by atoms with Crippen LogP contribution < -0.4 is 4.74 Å². The number of ether oxygens (including phenoxy) is 1. The molecule has 0 saturated heterocycles. The Balaban J connectivity index is 1.84. The largest absolute Gasteiger partial charge is 0.489 e. The van der Waals surface area contributed by atoms with Gasteiger partial charge in [-0.25, -0.2) is 0 Å². The molecule has 0 aliphatic rings. The van der Waals surface area contributed by atoms with Crippen LogP contribution in [-0.2, 0) is 16.8 Å². The van der Waals surface area contributed by atoms with Gasteiger partial charge in [0, 0.05) is 26.4 Å². The second-order valence-electron chi connectivity index (χ2n) is 6.58. The number of thiophene rings is 1. The number of aliphatic carboxylic acids is 1. The molecule has 2 aromatic carbocycles. The zero-order valence-electron chi connectivity index (χ0n) is 15.8. The van der Waals surface area contributed by atoms with Crippen LogP contribution in [0, 0.1) is 11.8 Å². The maximum atomic E-state index is 12.1. The van der Waals surface area contributed by atoms with Crippen molar-refractivity contribution in [3.05, 3.63) is 63.4 Å². The third-order valence-electron chi connectivity index (χ3n) is 4.96. The molecule has 0 amide bonds. The van der Waals surface area contributed by atoms with E-state index in [0.29, 0.717) is 19.4 Å². The highest BCUT2D eigenvalue weighted by Crippen LogP contribution is 2.34. The highest BCUT2D eigenvalue weighted by atomic mass is 79.9. The lowest BCUT2D eigenvalue weighted by Crippen LogP contribution is -2.35. The molecule has 0 aliphatic carbocycles. The molecule has 1 heterocycles. The van der Waals surface area contributed by atoms with Gasteiger partial charge in [-0.2, -0.15) is 0 Å². The molecule has 3 nitrogen and oxygen atoms in total. The summed E-state index contributed by atoms with van der Waals surface area (Å²) in [4.78, 5) is 12.1. The summed E-state index contributed by atoms with van der Waals surface area (Å²) >= 11 is 5.24. The van der Waals surface area contributed by atoms with E-state index in [1.54, 1.807) is 18.3 Å². The lowest BCUT2D eigenvalue weighted by molar-refractivity contribution is -0.143. The minimum atomic E-state index is -1.00. The van der Waals surface area contributed by atoms with Crippen LogP contribution in [0.2, 0.25) is 0 Å². The third kappa shape index (κ3) is 4.09. The third-order valence-corrected chi connectivity index (χ3v) is 6.89. The predicted molar refractivity (Wildman–Crippen MR) is 118 cm³/mol. The Bertz CT molecular complexity index is 1060. The SMILES string of the molecule is CC#CCC(CC)(C(=O)O)c1cccc(COc2ccc3scc(Br)c3c2)c1. The first-order valence-corrected chi connectivity index (χ1v) is 10.7. The highest BCUT2D eigenvalue weighted by Gasteiger charge is 2.38. The fourth-order valence-corrected chi connectivity index (χ4v) is 4.75. The number of hydrogen-bond acceptors (Lipinski definition) is 3. The first-order valence-electron chi connectivity index (χ1n) is 9.02. The van der Waals surface area contributed by atoms with E-state index < -0.39 is 11.4 Å². The number of halogens is 1. The first-order chi connectivity index (χ1) is 13.5. The number of carbonyl (C=O) groups is 1. The van der Waals surface area contributed by atoms with E-state index in [1.807, 2.05) is 49.4 Å². The van der Waals surface area contributed by atoms with E-state index in [4.69, 9.17) is 4.74 Å². The van der Waals surface area contributed by atoms with E-state index in [0.717, 1.165) is 26.7 Å². The predicted octanol–water partition coefficient (Wildman–Crippen LogP) is 6.39. The average Bonchev–Trinajstić information content (AvgIpc) is 3.08. The lowest BCUT2D eigenvalue weighted by atomic mass is 9.75. The number of carboxylic acid groups (broad SMARTS) is 1. The maximum Gasteiger partial charge on any atom is 0.315 e. The normalized spacial score (nSPS) is 12.8. The Kier molecular flexibility index (Phi) is 6.43. The lowest BCUT2D eigenvalue weighted by Gasteiger charge is -2.27. The van der Waals surface area contributed by atoms with Crippen molar-refractivity contribution in [2.45, 2.75) is 38.7 Å². The molecule has 0 radical (unpaired) electrons. The molecule has 1 atom stereocenters. The minimum Gasteiger partial charge on any atom is -0.489 e. The van der Waals surface area contributed by atoms with Crippen molar-refractivity contribution in [3.63, 3.8) is 0 Å². The Hall–Kier alpha value is -2.29. The molecule has 0 bridgehead atoms. The van der Waals surface area contributed by atoms with Gasteiger partial charge in [0.1, 0.15) is 17.8 Å². The van der Waals surface area contributed by atoms with E-state index >= 15 is 0 Å². The molecular weight excluding hydrogens is 436 g/mol.